The number of hydrogen-bond donors (Lipinski definition) is 0. The molecule has 1 aromatic carbocycles. The molecule has 1 heterocycles. The Morgan fingerprint density at radius 2 is 1.90 bits per heavy atom. The van der Waals surface area contributed by atoms with Crippen LogP contribution < -0.4 is 4.57 Å². The molecule has 2 aromatic rings. The first-order chi connectivity index (χ1) is 9.20. The van der Waals surface area contributed by atoms with Crippen molar-refractivity contribution in [1.82, 2.24) is 4.57 Å². The summed E-state index contributed by atoms with van der Waals surface area (Å²) in [6, 6.07) is 3.52. The van der Waals surface area contributed by atoms with E-state index in [-0.39, 0.29) is 12.2 Å². The van der Waals surface area contributed by atoms with Crippen LogP contribution in [0.2, 0.25) is 10.0 Å². The molecule has 0 aliphatic rings. The molecule has 0 aliphatic carbocycles. The maximum absolute atomic E-state index is 10.7. The number of imidazole rings is 1. The highest BCUT2D eigenvalue weighted by atomic mass is 35.5. The summed E-state index contributed by atoms with van der Waals surface area (Å²) < 4.78 is 35.9. The largest absolute Gasteiger partial charge is 0.748 e. The first kappa shape index (κ1) is 15.6. The van der Waals surface area contributed by atoms with Crippen LogP contribution in [-0.4, -0.2) is 23.3 Å². The van der Waals surface area contributed by atoms with Crippen LogP contribution in [0.3, 0.4) is 0 Å². The summed E-state index contributed by atoms with van der Waals surface area (Å²) in [5, 5.41) is 0.906. The standard InChI is InChI=1S/C12H14Cl2N2O3S/c1-8-15(2)11-6-9(13)10(14)7-12(11)16(8)4-3-5-20(17,18)19/h6-7H,3-5H2,1-2H3. The maximum Gasteiger partial charge on any atom is 0.253 e. The Bertz CT molecular complexity index is 769. The number of rotatable bonds is 4. The van der Waals surface area contributed by atoms with Gasteiger partial charge in [-0.1, -0.05) is 23.2 Å². The normalized spacial score (nSPS) is 12.2. The summed E-state index contributed by atoms with van der Waals surface area (Å²) in [5.74, 6) is 0.554. The van der Waals surface area contributed by atoms with Gasteiger partial charge in [-0.3, -0.25) is 0 Å². The van der Waals surface area contributed by atoms with Gasteiger partial charge < -0.3 is 4.55 Å². The fraction of sp³-hybridized carbons (Fsp3) is 0.417. The van der Waals surface area contributed by atoms with Crippen LogP contribution in [0.1, 0.15) is 12.2 Å². The molecule has 0 radical (unpaired) electrons. The molecule has 0 saturated carbocycles. The quantitative estimate of drug-likeness (QED) is 0.633. The second-order valence-corrected chi connectivity index (χ2v) is 6.97. The van der Waals surface area contributed by atoms with Crippen molar-refractivity contribution in [2.45, 2.75) is 19.9 Å². The first-order valence-electron chi connectivity index (χ1n) is 5.98. The zero-order chi connectivity index (χ0) is 15.1. The van der Waals surface area contributed by atoms with E-state index in [2.05, 4.69) is 0 Å². The highest BCUT2D eigenvalue weighted by Crippen LogP contribution is 2.27. The summed E-state index contributed by atoms with van der Waals surface area (Å²) in [7, 11) is -2.29. The van der Waals surface area contributed by atoms with Gasteiger partial charge >= 0.3 is 0 Å². The highest BCUT2D eigenvalue weighted by Gasteiger charge is 2.20. The van der Waals surface area contributed by atoms with E-state index in [9.17, 15) is 13.0 Å². The summed E-state index contributed by atoms with van der Waals surface area (Å²) in [4.78, 5) is 0. The highest BCUT2D eigenvalue weighted by molar-refractivity contribution is 7.85. The van der Waals surface area contributed by atoms with Gasteiger partial charge in [0.05, 0.1) is 33.8 Å². The number of aromatic nitrogens is 2. The first-order valence-corrected chi connectivity index (χ1v) is 8.31. The number of nitrogens with zero attached hydrogens (tertiary/aromatic N) is 2. The smallest absolute Gasteiger partial charge is 0.253 e. The molecule has 0 amide bonds. The van der Waals surface area contributed by atoms with E-state index in [0.717, 1.165) is 16.9 Å². The molecule has 110 valence electrons. The van der Waals surface area contributed by atoms with Gasteiger partial charge in [-0.25, -0.2) is 17.6 Å². The zero-order valence-corrected chi connectivity index (χ0v) is 13.4. The third-order valence-corrected chi connectivity index (χ3v) is 4.83. The molecule has 2 rings (SSSR count). The molecule has 0 aliphatic heterocycles. The fourth-order valence-electron chi connectivity index (χ4n) is 2.22. The lowest BCUT2D eigenvalue weighted by molar-refractivity contribution is -0.652. The Morgan fingerprint density at radius 3 is 2.50 bits per heavy atom. The summed E-state index contributed by atoms with van der Waals surface area (Å²) in [5.41, 5.74) is 1.77. The average molecular weight is 337 g/mol. The van der Waals surface area contributed by atoms with Crippen LogP contribution in [0.15, 0.2) is 12.1 Å². The molecule has 0 N–H and O–H groups in total. The predicted molar refractivity (Wildman–Crippen MR) is 77.1 cm³/mol. The molecule has 0 fully saturated rings. The van der Waals surface area contributed by atoms with Gasteiger partial charge in [0.25, 0.3) is 5.82 Å². The Morgan fingerprint density at radius 1 is 1.30 bits per heavy atom. The lowest BCUT2D eigenvalue weighted by Gasteiger charge is -2.05. The van der Waals surface area contributed by atoms with Crippen LogP contribution in [0.5, 0.6) is 0 Å². The van der Waals surface area contributed by atoms with E-state index in [1.807, 2.05) is 23.1 Å². The van der Waals surface area contributed by atoms with Gasteiger partial charge in [-0.15, -0.1) is 0 Å². The molecule has 0 saturated heterocycles. The second-order valence-electron chi connectivity index (χ2n) is 4.63. The van der Waals surface area contributed by atoms with Crippen molar-refractivity contribution in [2.24, 2.45) is 7.05 Å². The van der Waals surface area contributed by atoms with Crippen molar-refractivity contribution in [3.63, 3.8) is 0 Å². The SMILES string of the molecule is Cc1n(CCCS(=O)(=O)[O-])c2cc(Cl)c(Cl)cc2[n+]1C. The Hall–Kier alpha value is -0.820. The number of benzene rings is 1. The number of fused-ring (bicyclic) bond motifs is 1. The molecule has 5 nitrogen and oxygen atoms in total. The number of aryl methyl sites for hydroxylation is 2. The minimum absolute atomic E-state index is 0.261. The lowest BCUT2D eigenvalue weighted by atomic mass is 10.3. The molecule has 0 unspecified atom stereocenters. The van der Waals surface area contributed by atoms with Crippen molar-refractivity contribution >= 4 is 44.4 Å². The molecule has 0 spiro atoms. The lowest BCUT2D eigenvalue weighted by Crippen LogP contribution is -2.31. The molecule has 20 heavy (non-hydrogen) atoms. The van der Waals surface area contributed by atoms with Crippen molar-refractivity contribution in [1.29, 1.82) is 0 Å². The van der Waals surface area contributed by atoms with Crippen LogP contribution in [0, 0.1) is 6.92 Å². The van der Waals surface area contributed by atoms with E-state index < -0.39 is 10.1 Å². The predicted octanol–water partition coefficient (Wildman–Crippen LogP) is 2.02. The van der Waals surface area contributed by atoms with Gasteiger partial charge in [-0.05, 0) is 6.42 Å². The van der Waals surface area contributed by atoms with Crippen LogP contribution in [-0.2, 0) is 23.7 Å². The Labute approximate surface area is 127 Å². The second kappa shape index (κ2) is 5.52. The maximum atomic E-state index is 10.7. The molecular formula is C12H14Cl2N2O3S. The minimum atomic E-state index is -4.19. The van der Waals surface area contributed by atoms with Crippen molar-refractivity contribution in [2.75, 3.05) is 5.75 Å². The van der Waals surface area contributed by atoms with Crippen molar-refractivity contribution in [3.05, 3.63) is 28.0 Å². The van der Waals surface area contributed by atoms with Crippen molar-refractivity contribution in [3.8, 4) is 0 Å². The van der Waals surface area contributed by atoms with E-state index in [1.165, 1.54) is 0 Å². The molecule has 1 aromatic heterocycles. The van der Waals surface area contributed by atoms with Crippen molar-refractivity contribution < 1.29 is 17.5 Å². The molecular weight excluding hydrogens is 323 g/mol. The van der Waals surface area contributed by atoms with Gasteiger partial charge in [0.15, 0.2) is 11.0 Å². The molecule has 8 heteroatoms. The van der Waals surface area contributed by atoms with E-state index in [4.69, 9.17) is 23.2 Å². The summed E-state index contributed by atoms with van der Waals surface area (Å²) in [6.45, 7) is 2.34. The van der Waals surface area contributed by atoms with E-state index in [1.54, 1.807) is 12.1 Å². The van der Waals surface area contributed by atoms with E-state index in [0.29, 0.717) is 16.6 Å². The van der Waals surface area contributed by atoms with Gasteiger partial charge in [0, 0.05) is 24.8 Å². The van der Waals surface area contributed by atoms with Crippen LogP contribution in [0.25, 0.3) is 11.0 Å². The fourth-order valence-corrected chi connectivity index (χ4v) is 3.02. The number of hydrogen-bond acceptors (Lipinski definition) is 3. The minimum Gasteiger partial charge on any atom is -0.748 e. The third kappa shape index (κ3) is 3.09. The van der Waals surface area contributed by atoms with Crippen LogP contribution >= 0.6 is 23.2 Å². The third-order valence-electron chi connectivity index (χ3n) is 3.32. The zero-order valence-electron chi connectivity index (χ0n) is 11.1. The van der Waals surface area contributed by atoms with Crippen LogP contribution in [0.4, 0.5) is 0 Å². The summed E-state index contributed by atoms with van der Waals surface area (Å²) >= 11 is 12.0. The van der Waals surface area contributed by atoms with E-state index >= 15 is 0 Å². The van der Waals surface area contributed by atoms with Gasteiger partial charge in [0.2, 0.25) is 0 Å². The topological polar surface area (TPSA) is 66.0 Å². The van der Waals surface area contributed by atoms with Gasteiger partial charge in [-0.2, -0.15) is 0 Å². The summed E-state index contributed by atoms with van der Waals surface area (Å²) in [6.07, 6.45) is 0.261. The monoisotopic (exact) mass is 336 g/mol. The Balaban J connectivity index is 2.42. The average Bonchev–Trinajstić information content (AvgIpc) is 2.54. The van der Waals surface area contributed by atoms with Gasteiger partial charge in [0.1, 0.15) is 0 Å². The number of halogens is 2. The Kier molecular flexibility index (Phi) is 4.30. The molecule has 0 bridgehead atoms. The molecule has 0 atom stereocenters.